The number of rotatable bonds is 7. The second kappa shape index (κ2) is 8.04. The van der Waals surface area contributed by atoms with Gasteiger partial charge in [-0.1, -0.05) is 43.3 Å². The predicted molar refractivity (Wildman–Crippen MR) is 106 cm³/mol. The van der Waals surface area contributed by atoms with Gasteiger partial charge in [0.05, 0.1) is 18.7 Å². The van der Waals surface area contributed by atoms with E-state index in [-0.39, 0.29) is 11.5 Å². The molecular formula is C21H21N5O2. The lowest BCUT2D eigenvalue weighted by Gasteiger charge is -2.14. The number of hydrogen-bond acceptors (Lipinski definition) is 5. The van der Waals surface area contributed by atoms with Crippen LogP contribution in [0.2, 0.25) is 0 Å². The topological polar surface area (TPSA) is 85.7 Å². The first kappa shape index (κ1) is 17.9. The highest BCUT2D eigenvalue weighted by molar-refractivity contribution is 5.84. The molecule has 4 rings (SSSR count). The molecule has 0 saturated carbocycles. The van der Waals surface area contributed by atoms with E-state index in [2.05, 4.69) is 39.6 Å². The fraction of sp³-hybridized carbons (Fsp3) is 0.238. The smallest absolute Gasteiger partial charge is 0.248 e. The van der Waals surface area contributed by atoms with E-state index in [0.717, 1.165) is 28.0 Å². The maximum Gasteiger partial charge on any atom is 0.248 e. The second-order valence-corrected chi connectivity index (χ2v) is 6.90. The molecule has 0 aliphatic carbocycles. The molecule has 7 heteroatoms. The maximum atomic E-state index is 11.5. The zero-order valence-electron chi connectivity index (χ0n) is 15.6. The minimum atomic E-state index is -0.122. The van der Waals surface area contributed by atoms with E-state index in [4.69, 9.17) is 4.74 Å². The van der Waals surface area contributed by atoms with E-state index in [1.54, 1.807) is 6.07 Å². The van der Waals surface area contributed by atoms with Crippen LogP contribution in [0, 0.1) is 5.92 Å². The Labute approximate surface area is 162 Å². The Balaban J connectivity index is 1.41. The van der Waals surface area contributed by atoms with Gasteiger partial charge in [-0.2, -0.15) is 0 Å². The standard InChI is InChI=1S/C21H21N5O2/c1-15(12-20-23-24-25-26(20)13-16-6-3-2-4-7-16)14-28-19-9-5-8-18-17(19)10-11-21(27)22-18/h2-11,15H,12-14H2,1H3,(H,22,27). The van der Waals surface area contributed by atoms with Crippen LogP contribution in [0.3, 0.4) is 0 Å². The molecule has 142 valence electrons. The van der Waals surface area contributed by atoms with Crippen LogP contribution < -0.4 is 10.3 Å². The van der Waals surface area contributed by atoms with E-state index in [1.807, 2.05) is 41.1 Å². The maximum absolute atomic E-state index is 11.5. The van der Waals surface area contributed by atoms with Gasteiger partial charge in [-0.15, -0.1) is 5.10 Å². The Bertz CT molecular complexity index is 1120. The lowest BCUT2D eigenvalue weighted by Crippen LogP contribution is -2.16. The first-order valence-corrected chi connectivity index (χ1v) is 9.23. The lowest BCUT2D eigenvalue weighted by atomic mass is 10.1. The molecule has 2 heterocycles. The average Bonchev–Trinajstić information content (AvgIpc) is 3.13. The molecule has 2 aromatic carbocycles. The van der Waals surface area contributed by atoms with Gasteiger partial charge in [0.2, 0.25) is 5.56 Å². The Hall–Kier alpha value is -3.48. The van der Waals surface area contributed by atoms with Crippen molar-refractivity contribution in [1.29, 1.82) is 0 Å². The first-order chi connectivity index (χ1) is 13.7. The predicted octanol–water partition coefficient (Wildman–Crippen LogP) is 2.82. The van der Waals surface area contributed by atoms with Crippen molar-refractivity contribution in [2.45, 2.75) is 19.9 Å². The third kappa shape index (κ3) is 4.09. The summed E-state index contributed by atoms with van der Waals surface area (Å²) < 4.78 is 7.86. The van der Waals surface area contributed by atoms with E-state index < -0.39 is 0 Å². The third-order valence-corrected chi connectivity index (χ3v) is 4.56. The summed E-state index contributed by atoms with van der Waals surface area (Å²) in [6.07, 6.45) is 0.710. The molecule has 0 bridgehead atoms. The Morgan fingerprint density at radius 2 is 1.93 bits per heavy atom. The molecule has 28 heavy (non-hydrogen) atoms. The van der Waals surface area contributed by atoms with Gasteiger partial charge >= 0.3 is 0 Å². The number of aromatic amines is 1. The third-order valence-electron chi connectivity index (χ3n) is 4.56. The summed E-state index contributed by atoms with van der Waals surface area (Å²) in [6.45, 7) is 3.28. The van der Waals surface area contributed by atoms with Crippen molar-refractivity contribution in [3.63, 3.8) is 0 Å². The molecule has 1 N–H and O–H groups in total. The van der Waals surface area contributed by atoms with Crippen LogP contribution in [0.1, 0.15) is 18.3 Å². The van der Waals surface area contributed by atoms with Gasteiger partial charge in [0.1, 0.15) is 5.75 Å². The molecule has 0 aliphatic rings. The molecule has 0 saturated heterocycles. The lowest BCUT2D eigenvalue weighted by molar-refractivity contribution is 0.259. The van der Waals surface area contributed by atoms with Crippen molar-refractivity contribution in [1.82, 2.24) is 25.2 Å². The van der Waals surface area contributed by atoms with Crippen molar-refractivity contribution in [3.8, 4) is 5.75 Å². The van der Waals surface area contributed by atoms with Gasteiger partial charge in [-0.25, -0.2) is 4.68 Å². The number of benzene rings is 2. The molecule has 0 aliphatic heterocycles. The van der Waals surface area contributed by atoms with Crippen LogP contribution in [-0.4, -0.2) is 31.8 Å². The van der Waals surface area contributed by atoms with Crippen molar-refractivity contribution >= 4 is 10.9 Å². The monoisotopic (exact) mass is 375 g/mol. The highest BCUT2D eigenvalue weighted by Crippen LogP contribution is 2.23. The molecular weight excluding hydrogens is 354 g/mol. The number of hydrogen-bond donors (Lipinski definition) is 1. The summed E-state index contributed by atoms with van der Waals surface area (Å²) in [4.78, 5) is 14.3. The molecule has 1 atom stereocenters. The Kier molecular flexibility index (Phi) is 5.14. The highest BCUT2D eigenvalue weighted by atomic mass is 16.5. The van der Waals surface area contributed by atoms with Crippen LogP contribution in [0.5, 0.6) is 5.75 Å². The number of nitrogens with zero attached hydrogens (tertiary/aromatic N) is 4. The molecule has 0 spiro atoms. The normalized spacial score (nSPS) is 12.2. The largest absolute Gasteiger partial charge is 0.493 e. The second-order valence-electron chi connectivity index (χ2n) is 6.90. The summed E-state index contributed by atoms with van der Waals surface area (Å²) in [6, 6.07) is 19.1. The Morgan fingerprint density at radius 3 is 2.79 bits per heavy atom. The molecule has 2 aromatic heterocycles. The zero-order valence-corrected chi connectivity index (χ0v) is 15.6. The molecule has 0 amide bonds. The minimum absolute atomic E-state index is 0.122. The number of ether oxygens (including phenoxy) is 1. The molecule has 0 fully saturated rings. The summed E-state index contributed by atoms with van der Waals surface area (Å²) in [7, 11) is 0. The van der Waals surface area contributed by atoms with Gasteiger partial charge in [0.25, 0.3) is 0 Å². The molecule has 4 aromatic rings. The van der Waals surface area contributed by atoms with E-state index in [0.29, 0.717) is 19.6 Å². The minimum Gasteiger partial charge on any atom is -0.493 e. The van der Waals surface area contributed by atoms with E-state index >= 15 is 0 Å². The number of pyridine rings is 1. The van der Waals surface area contributed by atoms with Gasteiger partial charge in [-0.3, -0.25) is 4.79 Å². The zero-order chi connectivity index (χ0) is 19.3. The highest BCUT2D eigenvalue weighted by Gasteiger charge is 2.13. The van der Waals surface area contributed by atoms with E-state index in [9.17, 15) is 4.79 Å². The number of aromatic nitrogens is 5. The van der Waals surface area contributed by atoms with Gasteiger partial charge in [0, 0.05) is 17.9 Å². The van der Waals surface area contributed by atoms with Crippen molar-refractivity contribution in [3.05, 3.63) is 82.4 Å². The number of tetrazole rings is 1. The van der Waals surface area contributed by atoms with Crippen LogP contribution in [-0.2, 0) is 13.0 Å². The van der Waals surface area contributed by atoms with Gasteiger partial charge < -0.3 is 9.72 Å². The summed E-state index contributed by atoms with van der Waals surface area (Å²) in [5.41, 5.74) is 1.80. The number of nitrogens with one attached hydrogen (secondary N) is 1. The summed E-state index contributed by atoms with van der Waals surface area (Å²) >= 11 is 0. The van der Waals surface area contributed by atoms with Crippen molar-refractivity contribution < 1.29 is 4.74 Å². The number of H-pyrrole nitrogens is 1. The van der Waals surface area contributed by atoms with Crippen LogP contribution in [0.4, 0.5) is 0 Å². The van der Waals surface area contributed by atoms with Crippen LogP contribution >= 0.6 is 0 Å². The quantitative estimate of drug-likeness (QED) is 0.537. The first-order valence-electron chi connectivity index (χ1n) is 9.23. The van der Waals surface area contributed by atoms with Gasteiger partial charge in [-0.05, 0) is 40.1 Å². The average molecular weight is 375 g/mol. The molecule has 7 nitrogen and oxygen atoms in total. The fourth-order valence-electron chi connectivity index (χ4n) is 3.14. The van der Waals surface area contributed by atoms with E-state index in [1.165, 1.54) is 6.07 Å². The van der Waals surface area contributed by atoms with Crippen molar-refractivity contribution in [2.24, 2.45) is 5.92 Å². The molecule has 0 radical (unpaired) electrons. The molecule has 1 unspecified atom stereocenters. The van der Waals surface area contributed by atoms with Crippen LogP contribution in [0.25, 0.3) is 10.9 Å². The van der Waals surface area contributed by atoms with Crippen LogP contribution in [0.15, 0.2) is 65.5 Å². The fourth-order valence-corrected chi connectivity index (χ4v) is 3.14. The van der Waals surface area contributed by atoms with Crippen molar-refractivity contribution in [2.75, 3.05) is 6.61 Å². The summed E-state index contributed by atoms with van der Waals surface area (Å²) in [5, 5.41) is 13.0. The summed E-state index contributed by atoms with van der Waals surface area (Å²) in [5.74, 6) is 1.81. The Morgan fingerprint density at radius 1 is 1.07 bits per heavy atom. The SMILES string of the molecule is CC(COc1cccc2[nH]c(=O)ccc12)Cc1nnnn1Cc1ccccc1. The number of fused-ring (bicyclic) bond motifs is 1. The van der Waals surface area contributed by atoms with Gasteiger partial charge in [0.15, 0.2) is 5.82 Å².